The molecule has 0 heterocycles. The second kappa shape index (κ2) is 9.21. The summed E-state index contributed by atoms with van der Waals surface area (Å²) in [5.74, 6) is 0.213. The van der Waals surface area contributed by atoms with E-state index >= 15 is 0 Å². The highest BCUT2D eigenvalue weighted by Crippen LogP contribution is 1.87. The van der Waals surface area contributed by atoms with Crippen molar-refractivity contribution < 1.29 is 4.79 Å². The first-order valence-corrected chi connectivity index (χ1v) is 3.89. The van der Waals surface area contributed by atoms with Crippen LogP contribution >= 0.6 is 0 Å². The van der Waals surface area contributed by atoms with E-state index in [4.69, 9.17) is 0 Å². The Balaban J connectivity index is 0. The fourth-order valence-electron chi connectivity index (χ4n) is 0.289. The lowest BCUT2D eigenvalue weighted by Gasteiger charge is -1.98. The van der Waals surface area contributed by atoms with Gasteiger partial charge in [0.2, 0.25) is 5.91 Å². The fourth-order valence-corrected chi connectivity index (χ4v) is 0.289. The van der Waals surface area contributed by atoms with Crippen molar-refractivity contribution in [2.75, 3.05) is 7.05 Å². The predicted molar refractivity (Wildman–Crippen MR) is 49.4 cm³/mol. The Morgan fingerprint density at radius 3 is 1.64 bits per heavy atom. The van der Waals surface area contributed by atoms with Crippen molar-refractivity contribution in [3.05, 3.63) is 12.2 Å². The lowest BCUT2D eigenvalue weighted by Crippen LogP contribution is -2.22. The third-order valence-electron chi connectivity index (χ3n) is 1.10. The molecule has 0 aromatic rings. The fraction of sp³-hybridized carbons (Fsp3) is 0.667. The summed E-state index contributed by atoms with van der Waals surface area (Å²) in [7, 11) is 1.64. The second-order valence-electron chi connectivity index (χ2n) is 2.44. The number of nitrogens with one attached hydrogen (secondary N) is 1. The summed E-state index contributed by atoms with van der Waals surface area (Å²) in [6, 6.07) is 0. The van der Waals surface area contributed by atoms with Crippen molar-refractivity contribution in [1.82, 2.24) is 5.32 Å². The normalized spacial score (nSPS) is 9.27. The van der Waals surface area contributed by atoms with Crippen LogP contribution in [0, 0.1) is 5.92 Å². The number of rotatable bonds is 1. The van der Waals surface area contributed by atoms with Crippen molar-refractivity contribution in [2.24, 2.45) is 5.92 Å². The largest absolute Gasteiger partial charge is 0.359 e. The molecule has 1 N–H and O–H groups in total. The minimum Gasteiger partial charge on any atom is -0.359 e. The molecule has 1 amide bonds. The van der Waals surface area contributed by atoms with E-state index in [1.165, 1.54) is 0 Å². The van der Waals surface area contributed by atoms with Gasteiger partial charge in [-0.2, -0.15) is 0 Å². The molecule has 0 saturated carbocycles. The molecule has 2 heteroatoms. The Labute approximate surface area is 69.7 Å². The monoisotopic (exact) mass is 157 g/mol. The molecule has 0 unspecified atom stereocenters. The van der Waals surface area contributed by atoms with Crippen LogP contribution in [-0.2, 0) is 4.79 Å². The summed E-state index contributed by atoms with van der Waals surface area (Å²) in [6.07, 6.45) is 4.00. The van der Waals surface area contributed by atoms with Gasteiger partial charge in [-0.15, -0.1) is 0 Å². The number of carbonyl (C=O) groups excluding carboxylic acids is 1. The maximum absolute atomic E-state index is 10.4. The molecule has 0 aromatic heterocycles. The zero-order valence-electron chi connectivity index (χ0n) is 8.14. The standard InChI is InChI=1S/C5H11NO.C4H8/c1-4(2)5(7)6-3;1-3-4-2/h4H,1-3H3,(H,6,7);3-4H,1-2H3/b;4-3-. The van der Waals surface area contributed by atoms with E-state index in [1.807, 2.05) is 39.8 Å². The second-order valence-corrected chi connectivity index (χ2v) is 2.44. The van der Waals surface area contributed by atoms with E-state index in [-0.39, 0.29) is 11.8 Å². The SMILES string of the molecule is C/C=C\C.CNC(=O)C(C)C. The highest BCUT2D eigenvalue weighted by molar-refractivity contribution is 5.77. The number of hydrogen-bond donors (Lipinski definition) is 1. The van der Waals surface area contributed by atoms with Gasteiger partial charge in [0.15, 0.2) is 0 Å². The summed E-state index contributed by atoms with van der Waals surface area (Å²) in [4.78, 5) is 10.4. The Hall–Kier alpha value is -0.790. The highest BCUT2D eigenvalue weighted by Gasteiger charge is 2.00. The molecular formula is C9H19NO. The molecule has 11 heavy (non-hydrogen) atoms. The van der Waals surface area contributed by atoms with Crippen molar-refractivity contribution in [3.63, 3.8) is 0 Å². The molecule has 0 radical (unpaired) electrons. The van der Waals surface area contributed by atoms with Crippen LogP contribution in [0.25, 0.3) is 0 Å². The molecule has 0 bridgehead atoms. The molecule has 0 atom stereocenters. The van der Waals surface area contributed by atoms with Gasteiger partial charge in [-0.1, -0.05) is 26.0 Å². The van der Waals surface area contributed by atoms with Gasteiger partial charge in [-0.05, 0) is 13.8 Å². The van der Waals surface area contributed by atoms with Gasteiger partial charge in [0.05, 0.1) is 0 Å². The van der Waals surface area contributed by atoms with Gasteiger partial charge in [0, 0.05) is 13.0 Å². The van der Waals surface area contributed by atoms with Gasteiger partial charge >= 0.3 is 0 Å². The van der Waals surface area contributed by atoms with Crippen molar-refractivity contribution in [2.45, 2.75) is 27.7 Å². The van der Waals surface area contributed by atoms with Gasteiger partial charge < -0.3 is 5.32 Å². The number of allylic oxidation sites excluding steroid dienone is 2. The average Bonchev–Trinajstić information content (AvgIpc) is 2.03. The molecule has 2 nitrogen and oxygen atoms in total. The van der Waals surface area contributed by atoms with Gasteiger partial charge in [-0.25, -0.2) is 0 Å². The summed E-state index contributed by atoms with van der Waals surface area (Å²) in [5, 5.41) is 2.53. The minimum absolute atomic E-state index is 0.0972. The highest BCUT2D eigenvalue weighted by atomic mass is 16.1. The number of hydrogen-bond acceptors (Lipinski definition) is 1. The Morgan fingerprint density at radius 1 is 1.27 bits per heavy atom. The van der Waals surface area contributed by atoms with E-state index in [0.29, 0.717) is 0 Å². The van der Waals surface area contributed by atoms with Crippen LogP contribution < -0.4 is 5.32 Å². The van der Waals surface area contributed by atoms with Crippen molar-refractivity contribution in [1.29, 1.82) is 0 Å². The molecule has 0 rings (SSSR count). The molecule has 0 saturated heterocycles. The first-order chi connectivity index (χ1) is 5.09. The first kappa shape index (κ1) is 12.8. The zero-order chi connectivity index (χ0) is 9.28. The Bertz CT molecular complexity index is 113. The zero-order valence-corrected chi connectivity index (χ0v) is 8.14. The molecule has 0 aliphatic carbocycles. The smallest absolute Gasteiger partial charge is 0.222 e. The van der Waals surface area contributed by atoms with Crippen LogP contribution in [0.2, 0.25) is 0 Å². The van der Waals surface area contributed by atoms with E-state index in [1.54, 1.807) is 7.05 Å². The van der Waals surface area contributed by atoms with E-state index in [0.717, 1.165) is 0 Å². The minimum atomic E-state index is 0.0972. The number of amides is 1. The van der Waals surface area contributed by atoms with Crippen LogP contribution in [0.15, 0.2) is 12.2 Å². The molecule has 66 valence electrons. The van der Waals surface area contributed by atoms with Crippen LogP contribution in [0.3, 0.4) is 0 Å². The Morgan fingerprint density at radius 2 is 1.64 bits per heavy atom. The third-order valence-corrected chi connectivity index (χ3v) is 1.10. The maximum Gasteiger partial charge on any atom is 0.222 e. The molecule has 0 aliphatic heterocycles. The van der Waals surface area contributed by atoms with Crippen LogP contribution in [0.4, 0.5) is 0 Å². The van der Waals surface area contributed by atoms with Crippen LogP contribution in [0.1, 0.15) is 27.7 Å². The molecule has 0 fully saturated rings. The first-order valence-electron chi connectivity index (χ1n) is 3.89. The summed E-state index contributed by atoms with van der Waals surface area (Å²) in [5.41, 5.74) is 0. The van der Waals surface area contributed by atoms with Crippen molar-refractivity contribution >= 4 is 5.91 Å². The molecule has 0 aliphatic rings. The van der Waals surface area contributed by atoms with Crippen LogP contribution in [0.5, 0.6) is 0 Å². The third kappa shape index (κ3) is 12.4. The van der Waals surface area contributed by atoms with E-state index < -0.39 is 0 Å². The Kier molecular flexibility index (Phi) is 10.8. The van der Waals surface area contributed by atoms with Gasteiger partial charge in [-0.3, -0.25) is 4.79 Å². The molecule has 0 aromatic carbocycles. The van der Waals surface area contributed by atoms with Crippen molar-refractivity contribution in [3.8, 4) is 0 Å². The quantitative estimate of drug-likeness (QED) is 0.579. The topological polar surface area (TPSA) is 29.1 Å². The van der Waals surface area contributed by atoms with E-state index in [9.17, 15) is 4.79 Å². The lowest BCUT2D eigenvalue weighted by molar-refractivity contribution is -0.123. The summed E-state index contributed by atoms with van der Waals surface area (Å²) < 4.78 is 0. The predicted octanol–water partition coefficient (Wildman–Crippen LogP) is 1.97. The summed E-state index contributed by atoms with van der Waals surface area (Å²) in [6.45, 7) is 7.72. The van der Waals surface area contributed by atoms with Crippen LogP contribution in [-0.4, -0.2) is 13.0 Å². The molecule has 0 spiro atoms. The average molecular weight is 157 g/mol. The lowest BCUT2D eigenvalue weighted by atomic mass is 10.2. The maximum atomic E-state index is 10.4. The molecular weight excluding hydrogens is 138 g/mol. The number of carbonyl (C=O) groups is 1. The van der Waals surface area contributed by atoms with Gasteiger partial charge in [0.1, 0.15) is 0 Å². The van der Waals surface area contributed by atoms with Gasteiger partial charge in [0.25, 0.3) is 0 Å². The summed E-state index contributed by atoms with van der Waals surface area (Å²) >= 11 is 0. The van der Waals surface area contributed by atoms with E-state index in [2.05, 4.69) is 5.32 Å².